The first-order valence-electron chi connectivity index (χ1n) is 7.76. The normalized spacial score (nSPS) is 10.4. The van der Waals surface area contributed by atoms with Crippen LogP contribution in [-0.4, -0.2) is 15.9 Å². The van der Waals surface area contributed by atoms with Crippen LogP contribution in [0.3, 0.4) is 0 Å². The van der Waals surface area contributed by atoms with Crippen molar-refractivity contribution in [2.45, 2.75) is 13.8 Å². The predicted molar refractivity (Wildman–Crippen MR) is 95.6 cm³/mol. The van der Waals surface area contributed by atoms with Crippen molar-refractivity contribution < 1.29 is 9.18 Å². The predicted octanol–water partition coefficient (Wildman–Crippen LogP) is 4.23. The molecule has 0 radical (unpaired) electrons. The number of hydrogen-bond donors (Lipinski definition) is 2. The minimum atomic E-state index is -0.326. The average Bonchev–Trinajstić information content (AvgIpc) is 2.60. The number of anilines is 3. The lowest BCUT2D eigenvalue weighted by atomic mass is 10.1. The molecule has 0 atom stereocenters. The summed E-state index contributed by atoms with van der Waals surface area (Å²) in [4.78, 5) is 20.8. The van der Waals surface area contributed by atoms with Gasteiger partial charge in [-0.3, -0.25) is 4.79 Å². The average molecular weight is 336 g/mol. The number of carbonyl (C=O) groups excluding carboxylic acids is 1. The molecule has 2 N–H and O–H groups in total. The maximum absolute atomic E-state index is 13.0. The summed E-state index contributed by atoms with van der Waals surface area (Å²) in [5.74, 6) is -0.379. The number of hydrogen-bond acceptors (Lipinski definition) is 4. The van der Waals surface area contributed by atoms with E-state index in [9.17, 15) is 9.18 Å². The van der Waals surface area contributed by atoms with Crippen LogP contribution in [0.15, 0.2) is 54.7 Å². The van der Waals surface area contributed by atoms with Crippen LogP contribution in [0, 0.1) is 19.7 Å². The van der Waals surface area contributed by atoms with Gasteiger partial charge in [0.2, 0.25) is 5.95 Å². The fourth-order valence-corrected chi connectivity index (χ4v) is 2.40. The van der Waals surface area contributed by atoms with Gasteiger partial charge in [-0.1, -0.05) is 18.2 Å². The van der Waals surface area contributed by atoms with Gasteiger partial charge in [0, 0.05) is 17.6 Å². The number of halogens is 1. The molecule has 1 amide bonds. The number of carbonyl (C=O) groups is 1. The molecule has 0 spiro atoms. The van der Waals surface area contributed by atoms with E-state index in [0.717, 1.165) is 16.8 Å². The van der Waals surface area contributed by atoms with E-state index in [1.165, 1.54) is 18.3 Å². The summed E-state index contributed by atoms with van der Waals surface area (Å²) in [6.07, 6.45) is 1.50. The lowest BCUT2D eigenvalue weighted by Crippen LogP contribution is -2.16. The van der Waals surface area contributed by atoms with Crippen molar-refractivity contribution in [3.8, 4) is 0 Å². The lowest BCUT2D eigenvalue weighted by Gasteiger charge is -2.11. The van der Waals surface area contributed by atoms with Gasteiger partial charge in [-0.15, -0.1) is 0 Å². The van der Waals surface area contributed by atoms with Crippen molar-refractivity contribution in [2.75, 3.05) is 10.6 Å². The third-order valence-corrected chi connectivity index (χ3v) is 3.71. The monoisotopic (exact) mass is 336 g/mol. The summed E-state index contributed by atoms with van der Waals surface area (Å²) in [6.45, 7) is 3.87. The summed E-state index contributed by atoms with van der Waals surface area (Å²) in [5.41, 5.74) is 3.61. The number of aryl methyl sites for hydroxylation is 2. The number of para-hydroxylation sites is 1. The van der Waals surface area contributed by atoms with Gasteiger partial charge in [0.05, 0.1) is 0 Å². The highest BCUT2D eigenvalue weighted by molar-refractivity contribution is 6.03. The minimum Gasteiger partial charge on any atom is -0.324 e. The van der Waals surface area contributed by atoms with Gasteiger partial charge in [0.25, 0.3) is 5.91 Å². The molecule has 0 saturated heterocycles. The second kappa shape index (κ2) is 7.09. The first-order chi connectivity index (χ1) is 12.0. The zero-order chi connectivity index (χ0) is 17.8. The number of nitrogens with one attached hydrogen (secondary N) is 2. The van der Waals surface area contributed by atoms with Gasteiger partial charge in [-0.25, -0.2) is 14.4 Å². The van der Waals surface area contributed by atoms with E-state index in [4.69, 9.17) is 0 Å². The summed E-state index contributed by atoms with van der Waals surface area (Å²) >= 11 is 0. The number of amides is 1. The van der Waals surface area contributed by atoms with Crippen molar-refractivity contribution in [2.24, 2.45) is 0 Å². The van der Waals surface area contributed by atoms with Crippen LogP contribution < -0.4 is 10.6 Å². The third kappa shape index (κ3) is 3.98. The molecule has 0 unspecified atom stereocenters. The number of aromatic nitrogens is 2. The van der Waals surface area contributed by atoms with E-state index in [2.05, 4.69) is 20.6 Å². The fraction of sp³-hybridized carbons (Fsp3) is 0.105. The van der Waals surface area contributed by atoms with Crippen LogP contribution in [0.4, 0.5) is 21.7 Å². The van der Waals surface area contributed by atoms with Gasteiger partial charge in [-0.2, -0.15) is 0 Å². The van der Waals surface area contributed by atoms with E-state index < -0.39 is 0 Å². The Balaban J connectivity index is 1.78. The zero-order valence-corrected chi connectivity index (χ0v) is 13.9. The Bertz CT molecular complexity index is 889. The van der Waals surface area contributed by atoms with Crippen LogP contribution in [-0.2, 0) is 0 Å². The molecule has 25 heavy (non-hydrogen) atoms. The SMILES string of the molecule is Cc1cccc(C)c1NC(=O)c1ccnc(Nc2ccc(F)cc2)n1. The Morgan fingerprint density at radius 3 is 2.36 bits per heavy atom. The summed E-state index contributed by atoms with van der Waals surface area (Å²) in [7, 11) is 0. The highest BCUT2D eigenvalue weighted by Crippen LogP contribution is 2.20. The second-order valence-corrected chi connectivity index (χ2v) is 5.62. The van der Waals surface area contributed by atoms with E-state index in [-0.39, 0.29) is 23.4 Å². The Morgan fingerprint density at radius 2 is 1.68 bits per heavy atom. The van der Waals surface area contributed by atoms with Crippen molar-refractivity contribution in [1.82, 2.24) is 9.97 Å². The van der Waals surface area contributed by atoms with Gasteiger partial charge >= 0.3 is 0 Å². The van der Waals surface area contributed by atoms with Crippen molar-refractivity contribution >= 4 is 23.2 Å². The Morgan fingerprint density at radius 1 is 1.00 bits per heavy atom. The molecule has 3 rings (SSSR count). The number of benzene rings is 2. The minimum absolute atomic E-state index is 0.238. The molecule has 0 bridgehead atoms. The number of rotatable bonds is 4. The van der Waals surface area contributed by atoms with Crippen LogP contribution in [0.2, 0.25) is 0 Å². The van der Waals surface area contributed by atoms with Gasteiger partial charge in [0.1, 0.15) is 11.5 Å². The molecule has 0 aliphatic carbocycles. The topological polar surface area (TPSA) is 66.9 Å². The molecular weight excluding hydrogens is 319 g/mol. The molecule has 1 heterocycles. The first-order valence-corrected chi connectivity index (χ1v) is 7.76. The second-order valence-electron chi connectivity index (χ2n) is 5.62. The van der Waals surface area contributed by atoms with Crippen molar-refractivity contribution in [3.63, 3.8) is 0 Å². The van der Waals surface area contributed by atoms with Gasteiger partial charge in [0.15, 0.2) is 0 Å². The molecule has 2 aromatic carbocycles. The summed E-state index contributed by atoms with van der Waals surface area (Å²) < 4.78 is 13.0. The summed E-state index contributed by atoms with van der Waals surface area (Å²) in [6, 6.07) is 13.2. The first kappa shape index (κ1) is 16.6. The Hall–Kier alpha value is -3.28. The van der Waals surface area contributed by atoms with Crippen molar-refractivity contribution in [3.05, 3.63) is 77.4 Å². The standard InChI is InChI=1S/C19H17FN4O/c1-12-4-3-5-13(2)17(12)24-18(25)16-10-11-21-19(23-16)22-15-8-6-14(20)7-9-15/h3-11H,1-2H3,(H,24,25)(H,21,22,23). The van der Waals surface area contributed by atoms with Crippen molar-refractivity contribution in [1.29, 1.82) is 0 Å². The zero-order valence-electron chi connectivity index (χ0n) is 13.9. The Labute approximate surface area is 145 Å². The fourth-order valence-electron chi connectivity index (χ4n) is 2.40. The quantitative estimate of drug-likeness (QED) is 0.748. The number of nitrogens with zero attached hydrogens (tertiary/aromatic N) is 2. The molecule has 1 aromatic heterocycles. The van der Waals surface area contributed by atoms with E-state index in [0.29, 0.717) is 5.69 Å². The highest BCUT2D eigenvalue weighted by Gasteiger charge is 2.12. The largest absolute Gasteiger partial charge is 0.324 e. The molecule has 3 aromatic rings. The Kier molecular flexibility index (Phi) is 4.70. The molecule has 126 valence electrons. The molecule has 0 aliphatic heterocycles. The summed E-state index contributed by atoms with van der Waals surface area (Å²) in [5, 5.41) is 5.83. The van der Waals surface area contributed by atoms with Crippen LogP contribution in [0.5, 0.6) is 0 Å². The van der Waals surface area contributed by atoms with E-state index in [1.807, 2.05) is 32.0 Å². The van der Waals surface area contributed by atoms with Crippen LogP contribution in [0.1, 0.15) is 21.6 Å². The van der Waals surface area contributed by atoms with E-state index >= 15 is 0 Å². The van der Waals surface area contributed by atoms with Gasteiger partial charge in [-0.05, 0) is 55.3 Å². The molecule has 5 nitrogen and oxygen atoms in total. The molecule has 0 aliphatic rings. The maximum atomic E-state index is 13.0. The van der Waals surface area contributed by atoms with Crippen LogP contribution in [0.25, 0.3) is 0 Å². The third-order valence-electron chi connectivity index (χ3n) is 3.71. The molecule has 0 saturated carbocycles. The molecule has 6 heteroatoms. The maximum Gasteiger partial charge on any atom is 0.274 e. The smallest absolute Gasteiger partial charge is 0.274 e. The highest BCUT2D eigenvalue weighted by atomic mass is 19.1. The van der Waals surface area contributed by atoms with Gasteiger partial charge < -0.3 is 10.6 Å². The molecular formula is C19H17FN4O. The van der Waals surface area contributed by atoms with Crippen LogP contribution >= 0.6 is 0 Å². The van der Waals surface area contributed by atoms with E-state index in [1.54, 1.807) is 18.2 Å². The lowest BCUT2D eigenvalue weighted by molar-refractivity contribution is 0.102. The molecule has 0 fully saturated rings.